The average molecular weight is 266 g/mol. The van der Waals surface area contributed by atoms with Gasteiger partial charge < -0.3 is 5.73 Å². The van der Waals surface area contributed by atoms with Crippen LogP contribution in [0.1, 0.15) is 40.4 Å². The number of carbonyl (C=O) groups is 1. The topological polar surface area (TPSA) is 56.0 Å². The number of hydrogen-bond acceptors (Lipinski definition) is 4. The number of nitrogens with zero attached hydrogens (tertiary/aromatic N) is 1. The Morgan fingerprint density at radius 1 is 1.35 bits per heavy atom. The van der Waals surface area contributed by atoms with Crippen molar-refractivity contribution in [2.75, 3.05) is 6.54 Å². The Balaban J connectivity index is 2.50. The molecule has 3 nitrogen and oxygen atoms in total. The second-order valence-corrected chi connectivity index (χ2v) is 4.58. The maximum atomic E-state index is 12.2. The monoisotopic (exact) mass is 266 g/mol. The van der Waals surface area contributed by atoms with Gasteiger partial charge in [-0.05, 0) is 19.4 Å². The van der Waals surface area contributed by atoms with Gasteiger partial charge in [0.15, 0.2) is 10.8 Å². The molecule has 1 aromatic rings. The number of ketones is 1. The number of hydrogen-bond donors (Lipinski definition) is 1. The molecule has 7 heteroatoms. The van der Waals surface area contributed by atoms with Crippen LogP contribution in [0.15, 0.2) is 6.20 Å². The Labute approximate surface area is 101 Å². The third-order valence-electron chi connectivity index (χ3n) is 2.13. The molecule has 0 amide bonds. The van der Waals surface area contributed by atoms with Crippen LogP contribution in [-0.2, 0) is 6.18 Å². The van der Waals surface area contributed by atoms with Crippen LogP contribution in [0.25, 0.3) is 0 Å². The van der Waals surface area contributed by atoms with Gasteiger partial charge in [0.25, 0.3) is 0 Å². The molecular weight excluding hydrogens is 253 g/mol. The van der Waals surface area contributed by atoms with Crippen molar-refractivity contribution in [3.05, 3.63) is 16.1 Å². The lowest BCUT2D eigenvalue weighted by atomic mass is 10.1. The molecule has 0 saturated heterocycles. The highest BCUT2D eigenvalue weighted by Gasteiger charge is 2.35. The second kappa shape index (κ2) is 6.11. The molecule has 1 aromatic heterocycles. The highest BCUT2D eigenvalue weighted by atomic mass is 32.1. The van der Waals surface area contributed by atoms with Gasteiger partial charge >= 0.3 is 6.18 Å². The van der Waals surface area contributed by atoms with Crippen molar-refractivity contribution in [1.82, 2.24) is 4.98 Å². The number of alkyl halides is 3. The van der Waals surface area contributed by atoms with Crippen molar-refractivity contribution < 1.29 is 18.0 Å². The van der Waals surface area contributed by atoms with Gasteiger partial charge in [-0.3, -0.25) is 4.79 Å². The van der Waals surface area contributed by atoms with Crippen LogP contribution in [0.2, 0.25) is 0 Å². The van der Waals surface area contributed by atoms with Gasteiger partial charge in [0.05, 0.1) is 4.88 Å². The number of rotatable bonds is 6. The molecule has 17 heavy (non-hydrogen) atoms. The van der Waals surface area contributed by atoms with Crippen molar-refractivity contribution in [3.63, 3.8) is 0 Å². The van der Waals surface area contributed by atoms with Gasteiger partial charge in [-0.2, -0.15) is 13.2 Å². The molecule has 0 aliphatic rings. The molecular formula is C10H13F3N2OS. The zero-order valence-electron chi connectivity index (χ0n) is 9.09. The number of unbranched alkanes of at least 4 members (excludes halogenated alkanes) is 2. The highest BCUT2D eigenvalue weighted by Crippen LogP contribution is 2.32. The molecule has 0 aliphatic heterocycles. The number of carbonyl (C=O) groups excluding carboxylic acids is 1. The van der Waals surface area contributed by atoms with Crippen molar-refractivity contribution in [2.24, 2.45) is 5.73 Å². The van der Waals surface area contributed by atoms with Crippen molar-refractivity contribution in [3.8, 4) is 0 Å². The lowest BCUT2D eigenvalue weighted by Crippen LogP contribution is -2.03. The number of nitrogens with two attached hydrogens (primary N) is 1. The van der Waals surface area contributed by atoms with E-state index in [2.05, 4.69) is 4.98 Å². The zero-order chi connectivity index (χ0) is 12.9. The van der Waals surface area contributed by atoms with E-state index in [4.69, 9.17) is 5.73 Å². The minimum atomic E-state index is -4.47. The quantitative estimate of drug-likeness (QED) is 0.636. The van der Waals surface area contributed by atoms with Gasteiger partial charge in [-0.15, -0.1) is 11.3 Å². The number of aromatic nitrogens is 1. The first-order valence-electron chi connectivity index (χ1n) is 5.21. The maximum Gasteiger partial charge on any atom is 0.443 e. The summed E-state index contributed by atoms with van der Waals surface area (Å²) in [4.78, 5) is 14.8. The Bertz CT molecular complexity index is 376. The third-order valence-corrected chi connectivity index (χ3v) is 3.21. The van der Waals surface area contributed by atoms with Gasteiger partial charge in [-0.1, -0.05) is 6.42 Å². The minimum Gasteiger partial charge on any atom is -0.330 e. The molecule has 0 unspecified atom stereocenters. The van der Waals surface area contributed by atoms with Crippen LogP contribution in [-0.4, -0.2) is 17.3 Å². The molecule has 0 saturated carbocycles. The summed E-state index contributed by atoms with van der Waals surface area (Å²) in [6.45, 7) is 0.562. The molecule has 2 N–H and O–H groups in total. The number of thiazole rings is 1. The number of Topliss-reactive ketones (excluding diaryl/α,β-unsaturated/α-hetero) is 1. The lowest BCUT2D eigenvalue weighted by molar-refractivity contribution is -0.137. The Morgan fingerprint density at radius 2 is 2.06 bits per heavy atom. The molecule has 1 rings (SSSR count). The predicted octanol–water partition coefficient (Wildman–Crippen LogP) is 2.86. The summed E-state index contributed by atoms with van der Waals surface area (Å²) in [5.41, 5.74) is 5.29. The first kappa shape index (κ1) is 14.1. The molecule has 0 spiro atoms. The Morgan fingerprint density at radius 3 is 2.59 bits per heavy atom. The smallest absolute Gasteiger partial charge is 0.330 e. The van der Waals surface area contributed by atoms with E-state index in [1.165, 1.54) is 0 Å². The maximum absolute atomic E-state index is 12.2. The van der Waals surface area contributed by atoms with Gasteiger partial charge in [-0.25, -0.2) is 4.98 Å². The molecule has 0 bridgehead atoms. The molecule has 1 heterocycles. The standard InChI is InChI=1S/C10H13F3N2OS/c11-10(12,13)9-15-6-8(17-9)7(16)4-2-1-3-5-14/h6H,1-5,14H2. The van der Waals surface area contributed by atoms with E-state index in [0.717, 1.165) is 19.0 Å². The molecule has 0 aliphatic carbocycles. The molecule has 96 valence electrons. The van der Waals surface area contributed by atoms with E-state index in [1.807, 2.05) is 0 Å². The molecule has 0 radical (unpaired) electrons. The molecule has 0 atom stereocenters. The third kappa shape index (κ3) is 4.43. The SMILES string of the molecule is NCCCCCC(=O)c1cnc(C(F)(F)F)s1. The zero-order valence-corrected chi connectivity index (χ0v) is 9.90. The van der Waals surface area contributed by atoms with Crippen LogP contribution in [0.4, 0.5) is 13.2 Å². The summed E-state index contributed by atoms with van der Waals surface area (Å²) < 4.78 is 36.7. The molecule has 0 aromatic carbocycles. The summed E-state index contributed by atoms with van der Waals surface area (Å²) in [6.07, 6.45) is -0.937. The average Bonchev–Trinajstić information content (AvgIpc) is 2.72. The van der Waals surface area contributed by atoms with E-state index in [9.17, 15) is 18.0 Å². The second-order valence-electron chi connectivity index (χ2n) is 3.55. The first-order chi connectivity index (χ1) is 7.95. The van der Waals surface area contributed by atoms with E-state index >= 15 is 0 Å². The minimum absolute atomic E-state index is 0.0741. The van der Waals surface area contributed by atoms with E-state index in [-0.39, 0.29) is 17.1 Å². The fourth-order valence-electron chi connectivity index (χ4n) is 1.26. The van der Waals surface area contributed by atoms with Crippen LogP contribution in [0.5, 0.6) is 0 Å². The summed E-state index contributed by atoms with van der Waals surface area (Å²) in [5.74, 6) is -0.282. The Hall–Kier alpha value is -0.950. The van der Waals surface area contributed by atoms with Gasteiger partial charge in [0.1, 0.15) is 0 Å². The van der Waals surface area contributed by atoms with E-state index in [0.29, 0.717) is 24.3 Å². The van der Waals surface area contributed by atoms with Crippen LogP contribution < -0.4 is 5.73 Å². The largest absolute Gasteiger partial charge is 0.443 e. The predicted molar refractivity (Wildman–Crippen MR) is 59.0 cm³/mol. The summed E-state index contributed by atoms with van der Waals surface area (Å²) in [5, 5.41) is -0.970. The normalized spacial score (nSPS) is 11.8. The summed E-state index contributed by atoms with van der Waals surface area (Å²) in [7, 11) is 0. The summed E-state index contributed by atoms with van der Waals surface area (Å²) in [6, 6.07) is 0. The van der Waals surface area contributed by atoms with E-state index in [1.54, 1.807) is 0 Å². The van der Waals surface area contributed by atoms with Crippen LogP contribution >= 0.6 is 11.3 Å². The molecule has 0 fully saturated rings. The van der Waals surface area contributed by atoms with E-state index < -0.39 is 11.2 Å². The van der Waals surface area contributed by atoms with Crippen molar-refractivity contribution in [1.29, 1.82) is 0 Å². The first-order valence-corrected chi connectivity index (χ1v) is 6.03. The highest BCUT2D eigenvalue weighted by molar-refractivity contribution is 7.13. The van der Waals surface area contributed by atoms with Crippen molar-refractivity contribution >= 4 is 17.1 Å². The van der Waals surface area contributed by atoms with Gasteiger partial charge in [0.2, 0.25) is 0 Å². The fourth-order valence-corrected chi connectivity index (χ4v) is 2.01. The lowest BCUT2D eigenvalue weighted by Gasteiger charge is -1.99. The van der Waals surface area contributed by atoms with Gasteiger partial charge in [0, 0.05) is 12.6 Å². The fraction of sp³-hybridized carbons (Fsp3) is 0.600. The van der Waals surface area contributed by atoms with Crippen LogP contribution in [0, 0.1) is 0 Å². The number of halogens is 3. The van der Waals surface area contributed by atoms with Crippen molar-refractivity contribution in [2.45, 2.75) is 31.9 Å². The Kier molecular flexibility index (Phi) is 5.07. The summed E-state index contributed by atoms with van der Waals surface area (Å²) >= 11 is 0.401. The van der Waals surface area contributed by atoms with Crippen LogP contribution in [0.3, 0.4) is 0 Å².